The van der Waals surface area contributed by atoms with Gasteiger partial charge in [-0.25, -0.2) is 0 Å². The molecule has 1 heterocycles. The molecule has 0 saturated carbocycles. The molecule has 0 spiro atoms. The highest BCUT2D eigenvalue weighted by atomic mass is 16.3. The summed E-state index contributed by atoms with van der Waals surface area (Å²) in [5.41, 5.74) is 3.95. The minimum atomic E-state index is 0.352. The van der Waals surface area contributed by atoms with Crippen LogP contribution >= 0.6 is 0 Å². The van der Waals surface area contributed by atoms with Gasteiger partial charge in [0.2, 0.25) is 0 Å². The smallest absolute Gasteiger partial charge is 0.120 e. The van der Waals surface area contributed by atoms with E-state index in [0.29, 0.717) is 12.0 Å². The summed E-state index contributed by atoms with van der Waals surface area (Å²) in [4.78, 5) is 0. The van der Waals surface area contributed by atoms with Gasteiger partial charge in [-0.1, -0.05) is 45.0 Å². The minimum Gasteiger partial charge on any atom is -0.468 e. The van der Waals surface area contributed by atoms with Crippen LogP contribution in [0.4, 0.5) is 0 Å². The standard InChI is InChI=1S/C18H25NO/c1-5-15-6-8-16(9-7-15)18(13(2)3)19-12-17-14(4)10-11-20-17/h6-11,13,18-19H,5,12H2,1-4H3. The third-order valence-corrected chi connectivity index (χ3v) is 3.86. The van der Waals surface area contributed by atoms with E-state index in [1.165, 1.54) is 16.7 Å². The first-order valence-corrected chi connectivity index (χ1v) is 7.47. The maximum absolute atomic E-state index is 5.50. The second-order valence-electron chi connectivity index (χ2n) is 5.72. The lowest BCUT2D eigenvalue weighted by Gasteiger charge is -2.23. The van der Waals surface area contributed by atoms with Crippen molar-refractivity contribution in [1.82, 2.24) is 5.32 Å². The Morgan fingerprint density at radius 2 is 1.80 bits per heavy atom. The largest absolute Gasteiger partial charge is 0.468 e. The van der Waals surface area contributed by atoms with Crippen LogP contribution in [0.2, 0.25) is 0 Å². The lowest BCUT2D eigenvalue weighted by molar-refractivity contribution is 0.383. The van der Waals surface area contributed by atoms with Crippen LogP contribution in [0.1, 0.15) is 49.3 Å². The van der Waals surface area contributed by atoms with Gasteiger partial charge in [0.1, 0.15) is 5.76 Å². The summed E-state index contributed by atoms with van der Waals surface area (Å²) in [7, 11) is 0. The molecule has 0 bridgehead atoms. The highest BCUT2D eigenvalue weighted by Gasteiger charge is 2.16. The highest BCUT2D eigenvalue weighted by molar-refractivity contribution is 5.25. The van der Waals surface area contributed by atoms with Crippen molar-refractivity contribution < 1.29 is 4.42 Å². The number of benzene rings is 1. The number of nitrogens with one attached hydrogen (secondary N) is 1. The van der Waals surface area contributed by atoms with E-state index in [1.54, 1.807) is 6.26 Å². The van der Waals surface area contributed by atoms with Crippen LogP contribution in [-0.4, -0.2) is 0 Å². The molecule has 2 aromatic rings. The van der Waals surface area contributed by atoms with Crippen LogP contribution in [0.15, 0.2) is 41.0 Å². The summed E-state index contributed by atoms with van der Waals surface area (Å²) in [6, 6.07) is 11.3. The number of rotatable bonds is 6. The van der Waals surface area contributed by atoms with E-state index in [0.717, 1.165) is 18.7 Å². The Labute approximate surface area is 122 Å². The fourth-order valence-electron chi connectivity index (χ4n) is 2.49. The van der Waals surface area contributed by atoms with Gasteiger partial charge in [-0.2, -0.15) is 0 Å². The van der Waals surface area contributed by atoms with Gasteiger partial charge in [-0.3, -0.25) is 0 Å². The molecule has 1 N–H and O–H groups in total. The first kappa shape index (κ1) is 14.9. The monoisotopic (exact) mass is 271 g/mol. The second kappa shape index (κ2) is 6.76. The zero-order chi connectivity index (χ0) is 14.5. The average molecular weight is 271 g/mol. The molecule has 0 aliphatic carbocycles. The Balaban J connectivity index is 2.08. The zero-order valence-corrected chi connectivity index (χ0v) is 12.9. The summed E-state index contributed by atoms with van der Waals surface area (Å²) < 4.78 is 5.50. The number of aryl methyl sites for hydroxylation is 2. The highest BCUT2D eigenvalue weighted by Crippen LogP contribution is 2.23. The van der Waals surface area contributed by atoms with Crippen molar-refractivity contribution in [1.29, 1.82) is 0 Å². The quantitative estimate of drug-likeness (QED) is 0.828. The van der Waals surface area contributed by atoms with E-state index in [9.17, 15) is 0 Å². The van der Waals surface area contributed by atoms with E-state index in [1.807, 2.05) is 6.07 Å². The van der Waals surface area contributed by atoms with E-state index >= 15 is 0 Å². The maximum atomic E-state index is 5.50. The lowest BCUT2D eigenvalue weighted by Crippen LogP contribution is -2.25. The van der Waals surface area contributed by atoms with Crippen LogP contribution in [0, 0.1) is 12.8 Å². The topological polar surface area (TPSA) is 25.2 Å². The molecule has 108 valence electrons. The first-order valence-electron chi connectivity index (χ1n) is 7.47. The van der Waals surface area contributed by atoms with Crippen molar-refractivity contribution in [3.63, 3.8) is 0 Å². The van der Waals surface area contributed by atoms with Gasteiger partial charge >= 0.3 is 0 Å². The fraction of sp³-hybridized carbons (Fsp3) is 0.444. The van der Waals surface area contributed by atoms with Crippen LogP contribution in [0.3, 0.4) is 0 Å². The summed E-state index contributed by atoms with van der Waals surface area (Å²) in [5, 5.41) is 3.62. The molecule has 0 radical (unpaired) electrons. The summed E-state index contributed by atoms with van der Waals surface area (Å²) >= 11 is 0. The molecular formula is C18H25NO. The Hall–Kier alpha value is -1.54. The molecular weight excluding hydrogens is 246 g/mol. The molecule has 0 saturated heterocycles. The van der Waals surface area contributed by atoms with Crippen molar-refractivity contribution in [2.24, 2.45) is 5.92 Å². The summed E-state index contributed by atoms with van der Waals surface area (Å²) in [6.45, 7) is 9.55. The molecule has 1 aromatic heterocycles. The van der Waals surface area contributed by atoms with E-state index in [4.69, 9.17) is 4.42 Å². The minimum absolute atomic E-state index is 0.352. The third-order valence-electron chi connectivity index (χ3n) is 3.86. The summed E-state index contributed by atoms with van der Waals surface area (Å²) in [5.74, 6) is 1.57. The number of furan rings is 1. The molecule has 2 nitrogen and oxygen atoms in total. The lowest BCUT2D eigenvalue weighted by atomic mass is 9.95. The van der Waals surface area contributed by atoms with Crippen LogP contribution in [0.5, 0.6) is 0 Å². The molecule has 1 atom stereocenters. The van der Waals surface area contributed by atoms with Crippen molar-refractivity contribution in [3.05, 3.63) is 59.0 Å². The van der Waals surface area contributed by atoms with Gasteiger partial charge in [-0.15, -0.1) is 0 Å². The van der Waals surface area contributed by atoms with Crippen molar-refractivity contribution in [2.45, 2.75) is 46.7 Å². The third kappa shape index (κ3) is 3.51. The predicted molar refractivity (Wildman–Crippen MR) is 83.7 cm³/mol. The Bertz CT molecular complexity index is 525. The average Bonchev–Trinajstić information content (AvgIpc) is 2.85. The SMILES string of the molecule is CCc1ccc(C(NCc2occc2C)C(C)C)cc1. The van der Waals surface area contributed by atoms with Crippen molar-refractivity contribution in [3.8, 4) is 0 Å². The van der Waals surface area contributed by atoms with Gasteiger partial charge in [0.15, 0.2) is 0 Å². The van der Waals surface area contributed by atoms with Crippen molar-refractivity contribution in [2.75, 3.05) is 0 Å². The molecule has 0 aliphatic rings. The van der Waals surface area contributed by atoms with Gasteiger partial charge in [-0.05, 0) is 42.0 Å². The molecule has 1 unspecified atom stereocenters. The summed E-state index contributed by atoms with van der Waals surface area (Å²) in [6.07, 6.45) is 2.85. The van der Waals surface area contributed by atoms with Crippen LogP contribution in [0.25, 0.3) is 0 Å². The molecule has 0 aliphatic heterocycles. The first-order chi connectivity index (χ1) is 9.61. The van der Waals surface area contributed by atoms with Crippen molar-refractivity contribution >= 4 is 0 Å². The normalized spacial score (nSPS) is 12.8. The molecule has 2 rings (SSSR count). The second-order valence-corrected chi connectivity index (χ2v) is 5.72. The maximum Gasteiger partial charge on any atom is 0.120 e. The number of hydrogen-bond acceptors (Lipinski definition) is 2. The Morgan fingerprint density at radius 3 is 2.30 bits per heavy atom. The Morgan fingerprint density at radius 1 is 1.10 bits per heavy atom. The van der Waals surface area contributed by atoms with Gasteiger partial charge in [0, 0.05) is 6.04 Å². The van der Waals surface area contributed by atoms with Gasteiger partial charge < -0.3 is 9.73 Å². The van der Waals surface area contributed by atoms with Gasteiger partial charge in [0.25, 0.3) is 0 Å². The van der Waals surface area contributed by atoms with E-state index in [2.05, 4.69) is 57.3 Å². The number of hydrogen-bond donors (Lipinski definition) is 1. The Kier molecular flexibility index (Phi) is 5.02. The molecule has 2 heteroatoms. The molecule has 0 amide bonds. The molecule has 20 heavy (non-hydrogen) atoms. The fourth-order valence-corrected chi connectivity index (χ4v) is 2.49. The van der Waals surface area contributed by atoms with E-state index in [-0.39, 0.29) is 0 Å². The molecule has 1 aromatic carbocycles. The van der Waals surface area contributed by atoms with Crippen LogP contribution in [-0.2, 0) is 13.0 Å². The van der Waals surface area contributed by atoms with E-state index < -0.39 is 0 Å². The van der Waals surface area contributed by atoms with Crippen LogP contribution < -0.4 is 5.32 Å². The van der Waals surface area contributed by atoms with Gasteiger partial charge in [0.05, 0.1) is 12.8 Å². The molecule has 0 fully saturated rings. The predicted octanol–water partition coefficient (Wildman–Crippen LogP) is 4.64. The zero-order valence-electron chi connectivity index (χ0n) is 12.9.